The van der Waals surface area contributed by atoms with Crippen LogP contribution in [0.4, 0.5) is 4.39 Å². The predicted octanol–water partition coefficient (Wildman–Crippen LogP) is 2.44. The fourth-order valence-electron chi connectivity index (χ4n) is 5.21. The first kappa shape index (κ1) is 25.4. The van der Waals surface area contributed by atoms with Crippen LogP contribution in [0.2, 0.25) is 0 Å². The smallest absolute Gasteiger partial charge is 0.248 e. The maximum absolute atomic E-state index is 14.0. The fraction of sp³-hybridized carbons (Fsp3) is 0.600. The molecule has 3 atom stereocenters. The van der Waals surface area contributed by atoms with E-state index in [1.165, 1.54) is 16.8 Å². The predicted molar refractivity (Wildman–Crippen MR) is 130 cm³/mol. The Morgan fingerprint density at radius 1 is 1.27 bits per heavy atom. The maximum atomic E-state index is 14.0. The van der Waals surface area contributed by atoms with Crippen LogP contribution < -0.4 is 0 Å². The first-order chi connectivity index (χ1) is 17.8. The van der Waals surface area contributed by atoms with Gasteiger partial charge in [-0.25, -0.2) is 13.8 Å². The van der Waals surface area contributed by atoms with Gasteiger partial charge >= 0.3 is 0 Å². The number of hydrogen-bond donors (Lipinski definition) is 0. The zero-order valence-corrected chi connectivity index (χ0v) is 21.5. The Bertz CT molecular complexity index is 1230. The Hall–Kier alpha value is -3.25. The summed E-state index contributed by atoms with van der Waals surface area (Å²) in [4.78, 5) is 15.8. The molecule has 2 aromatic heterocycles. The van der Waals surface area contributed by atoms with Crippen LogP contribution in [-0.2, 0) is 27.2 Å². The van der Waals surface area contributed by atoms with Crippen LogP contribution in [0.15, 0.2) is 30.5 Å². The molecule has 0 N–H and O–H groups in total. The minimum atomic E-state index is -0.745. The normalized spacial score (nSPS) is 22.6. The molecule has 3 unspecified atom stereocenters. The van der Waals surface area contributed by atoms with Crippen molar-refractivity contribution in [3.05, 3.63) is 53.4 Å². The van der Waals surface area contributed by atoms with Crippen LogP contribution in [-0.4, -0.2) is 77.5 Å². The van der Waals surface area contributed by atoms with Crippen LogP contribution in [0.3, 0.4) is 0 Å². The zero-order chi connectivity index (χ0) is 26.0. The lowest BCUT2D eigenvalue weighted by atomic mass is 9.95. The average Bonchev–Trinajstić information content (AvgIpc) is 3.50. The minimum Gasteiger partial charge on any atom is -0.377 e. The third kappa shape index (κ3) is 5.85. The van der Waals surface area contributed by atoms with Crippen LogP contribution in [0, 0.1) is 12.7 Å². The largest absolute Gasteiger partial charge is 0.377 e. The number of aryl methyl sites for hydroxylation is 1. The lowest BCUT2D eigenvalue weighted by molar-refractivity contribution is -0.144. The standard InChI is InChI=1S/C25H33FN8O3/c1-17-27-29-31-34(17)22(13-18-6-4-7-19(26)12-18)24(35)33-10-11-36-16-23(33)21-15-32(30-28-21)14-20-8-5-9-25(2,3)37-20/h4,6-7,12,15,20,22-23H,5,8-11,13-14,16H2,1-3H3. The van der Waals surface area contributed by atoms with Crippen molar-refractivity contribution in [2.75, 3.05) is 19.8 Å². The van der Waals surface area contributed by atoms with Gasteiger partial charge in [0.1, 0.15) is 29.4 Å². The summed E-state index contributed by atoms with van der Waals surface area (Å²) < 4.78 is 29.1. The van der Waals surface area contributed by atoms with Gasteiger partial charge in [0.15, 0.2) is 0 Å². The molecule has 3 aromatic rings. The second-order valence-electron chi connectivity index (χ2n) is 10.4. The second-order valence-corrected chi connectivity index (χ2v) is 10.4. The number of hydrogen-bond acceptors (Lipinski definition) is 8. The number of aromatic nitrogens is 7. The quantitative estimate of drug-likeness (QED) is 0.474. The SMILES string of the molecule is Cc1nnnn1C(Cc1cccc(F)c1)C(=O)N1CCOCC1c1cn(CC2CCCC(C)(C)O2)nn1. The minimum absolute atomic E-state index is 0.0667. The highest BCUT2D eigenvalue weighted by Gasteiger charge is 2.37. The van der Waals surface area contributed by atoms with E-state index < -0.39 is 12.1 Å². The van der Waals surface area contributed by atoms with Gasteiger partial charge in [-0.15, -0.1) is 10.2 Å². The Morgan fingerprint density at radius 2 is 2.14 bits per heavy atom. The first-order valence-corrected chi connectivity index (χ1v) is 12.7. The molecule has 0 aliphatic carbocycles. The Kier molecular flexibility index (Phi) is 7.29. The van der Waals surface area contributed by atoms with Gasteiger partial charge in [-0.2, -0.15) is 0 Å². The number of nitrogens with zero attached hydrogens (tertiary/aromatic N) is 8. The van der Waals surface area contributed by atoms with Crippen LogP contribution in [0.25, 0.3) is 0 Å². The van der Waals surface area contributed by atoms with E-state index in [1.54, 1.807) is 28.6 Å². The number of amides is 1. The Labute approximate surface area is 214 Å². The van der Waals surface area contributed by atoms with E-state index >= 15 is 0 Å². The summed E-state index contributed by atoms with van der Waals surface area (Å²) in [5.41, 5.74) is 1.19. The molecular weight excluding hydrogens is 479 g/mol. The molecule has 2 fully saturated rings. The van der Waals surface area contributed by atoms with Crippen molar-refractivity contribution in [3.8, 4) is 0 Å². The van der Waals surface area contributed by atoms with E-state index in [0.717, 1.165) is 19.3 Å². The van der Waals surface area contributed by atoms with Crippen molar-refractivity contribution >= 4 is 5.91 Å². The van der Waals surface area contributed by atoms with Crippen molar-refractivity contribution in [2.45, 2.75) is 76.8 Å². The lowest BCUT2D eigenvalue weighted by Gasteiger charge is -2.36. The van der Waals surface area contributed by atoms with Crippen molar-refractivity contribution in [3.63, 3.8) is 0 Å². The monoisotopic (exact) mass is 512 g/mol. The molecule has 12 heteroatoms. The maximum Gasteiger partial charge on any atom is 0.248 e. The molecule has 0 spiro atoms. The summed E-state index contributed by atoms with van der Waals surface area (Å²) in [6.07, 6.45) is 5.31. The Balaban J connectivity index is 1.37. The summed E-state index contributed by atoms with van der Waals surface area (Å²) >= 11 is 0. The second kappa shape index (κ2) is 10.6. The Morgan fingerprint density at radius 3 is 2.89 bits per heavy atom. The van der Waals surface area contributed by atoms with E-state index in [4.69, 9.17) is 9.47 Å². The number of morpholine rings is 1. The first-order valence-electron chi connectivity index (χ1n) is 12.7. The topological polar surface area (TPSA) is 113 Å². The number of carbonyl (C=O) groups excluding carboxylic acids is 1. The van der Waals surface area contributed by atoms with Crippen molar-refractivity contribution < 1.29 is 18.7 Å². The molecule has 0 radical (unpaired) electrons. The highest BCUT2D eigenvalue weighted by molar-refractivity contribution is 5.81. The molecule has 0 saturated carbocycles. The van der Waals surface area contributed by atoms with E-state index in [9.17, 15) is 9.18 Å². The number of rotatable bonds is 7. The average molecular weight is 513 g/mol. The van der Waals surface area contributed by atoms with Gasteiger partial charge in [0.2, 0.25) is 5.91 Å². The highest BCUT2D eigenvalue weighted by atomic mass is 19.1. The van der Waals surface area contributed by atoms with Gasteiger partial charge in [0.05, 0.1) is 37.7 Å². The van der Waals surface area contributed by atoms with Gasteiger partial charge in [0, 0.05) is 13.0 Å². The number of ether oxygens (including phenoxy) is 2. The lowest BCUT2D eigenvalue weighted by Crippen LogP contribution is -2.47. The number of carbonyl (C=O) groups is 1. The number of tetrazole rings is 1. The van der Waals surface area contributed by atoms with Crippen LogP contribution in [0.5, 0.6) is 0 Å². The third-order valence-corrected chi connectivity index (χ3v) is 7.05. The van der Waals surface area contributed by atoms with Gasteiger partial charge in [-0.3, -0.25) is 4.79 Å². The van der Waals surface area contributed by atoms with Gasteiger partial charge in [-0.05, 0) is 68.2 Å². The summed E-state index contributed by atoms with van der Waals surface area (Å²) in [6, 6.07) is 5.07. The van der Waals surface area contributed by atoms with Crippen molar-refractivity contribution in [1.82, 2.24) is 40.1 Å². The molecule has 0 bridgehead atoms. The number of benzene rings is 1. The molecule has 11 nitrogen and oxygen atoms in total. The van der Waals surface area contributed by atoms with Crippen LogP contribution >= 0.6 is 0 Å². The van der Waals surface area contributed by atoms with Crippen LogP contribution in [0.1, 0.15) is 62.3 Å². The summed E-state index contributed by atoms with van der Waals surface area (Å²) in [5, 5.41) is 20.5. The summed E-state index contributed by atoms with van der Waals surface area (Å²) in [5.74, 6) is -0.0379. The summed E-state index contributed by atoms with van der Waals surface area (Å²) in [6.45, 7) is 7.66. The third-order valence-electron chi connectivity index (χ3n) is 7.05. The molecule has 2 aliphatic heterocycles. The zero-order valence-electron chi connectivity index (χ0n) is 21.5. The highest BCUT2D eigenvalue weighted by Crippen LogP contribution is 2.30. The molecular formula is C25H33FN8O3. The molecule has 2 saturated heterocycles. The number of halogens is 1. The van der Waals surface area contributed by atoms with E-state index in [-0.39, 0.29) is 29.9 Å². The van der Waals surface area contributed by atoms with Gasteiger partial charge in [-0.1, -0.05) is 17.3 Å². The van der Waals surface area contributed by atoms with E-state index in [1.807, 2.05) is 6.20 Å². The molecule has 198 valence electrons. The molecule has 2 aliphatic rings. The molecule has 37 heavy (non-hydrogen) atoms. The molecule has 4 heterocycles. The van der Waals surface area contributed by atoms with Crippen molar-refractivity contribution in [1.29, 1.82) is 0 Å². The molecule has 1 aromatic carbocycles. The van der Waals surface area contributed by atoms with Gasteiger partial charge in [0.25, 0.3) is 0 Å². The van der Waals surface area contributed by atoms with Gasteiger partial charge < -0.3 is 14.4 Å². The molecule has 1 amide bonds. The summed E-state index contributed by atoms with van der Waals surface area (Å²) in [7, 11) is 0. The van der Waals surface area contributed by atoms with E-state index in [0.29, 0.717) is 43.4 Å². The van der Waals surface area contributed by atoms with Crippen molar-refractivity contribution in [2.24, 2.45) is 0 Å². The molecule has 5 rings (SSSR count). The fourth-order valence-corrected chi connectivity index (χ4v) is 5.21. The van der Waals surface area contributed by atoms with E-state index in [2.05, 4.69) is 39.7 Å².